The molecule has 4 atom stereocenters. The molecule has 1 saturated carbocycles. The van der Waals surface area contributed by atoms with E-state index in [1.807, 2.05) is 19.1 Å². The van der Waals surface area contributed by atoms with E-state index in [1.165, 1.54) is 12.8 Å². The molecule has 3 unspecified atom stereocenters. The number of allylic oxidation sites excluding steroid dienone is 2. The van der Waals surface area contributed by atoms with Crippen LogP contribution in [0.15, 0.2) is 12.2 Å². The van der Waals surface area contributed by atoms with Gasteiger partial charge in [0.25, 0.3) is 0 Å². The SMILES string of the molecule is C/C=C\C1C(F)[C@H]1CCC(C)CC. The van der Waals surface area contributed by atoms with Gasteiger partial charge in [0, 0.05) is 5.92 Å². The lowest BCUT2D eigenvalue weighted by molar-refractivity contribution is 0.407. The van der Waals surface area contributed by atoms with Gasteiger partial charge in [-0.15, -0.1) is 0 Å². The molecule has 0 bridgehead atoms. The van der Waals surface area contributed by atoms with Crippen LogP contribution in [0.3, 0.4) is 0 Å². The molecular formula is C12H21F. The predicted molar refractivity (Wildman–Crippen MR) is 55.4 cm³/mol. The van der Waals surface area contributed by atoms with E-state index in [0.717, 1.165) is 12.3 Å². The Labute approximate surface area is 81.2 Å². The second kappa shape index (κ2) is 4.78. The summed E-state index contributed by atoms with van der Waals surface area (Å²) in [4.78, 5) is 0. The largest absolute Gasteiger partial charge is 0.246 e. The molecule has 0 aliphatic heterocycles. The van der Waals surface area contributed by atoms with Crippen LogP contribution in [0.1, 0.15) is 40.0 Å². The van der Waals surface area contributed by atoms with Gasteiger partial charge in [0.05, 0.1) is 0 Å². The Balaban J connectivity index is 2.18. The Kier molecular flexibility index (Phi) is 3.95. The Morgan fingerprint density at radius 3 is 2.69 bits per heavy atom. The summed E-state index contributed by atoms with van der Waals surface area (Å²) >= 11 is 0. The summed E-state index contributed by atoms with van der Waals surface area (Å²) in [6.07, 6.45) is 6.94. The minimum absolute atomic E-state index is 0.244. The van der Waals surface area contributed by atoms with E-state index in [4.69, 9.17) is 0 Å². The molecule has 1 rings (SSSR count). The van der Waals surface area contributed by atoms with Crippen LogP contribution in [-0.4, -0.2) is 6.17 Å². The minimum Gasteiger partial charge on any atom is -0.246 e. The van der Waals surface area contributed by atoms with Crippen molar-refractivity contribution in [3.63, 3.8) is 0 Å². The van der Waals surface area contributed by atoms with E-state index in [9.17, 15) is 4.39 Å². The van der Waals surface area contributed by atoms with Crippen LogP contribution < -0.4 is 0 Å². The van der Waals surface area contributed by atoms with E-state index >= 15 is 0 Å². The highest BCUT2D eigenvalue weighted by atomic mass is 19.1. The molecule has 13 heavy (non-hydrogen) atoms. The van der Waals surface area contributed by atoms with Gasteiger partial charge in [-0.3, -0.25) is 0 Å². The molecule has 0 nitrogen and oxygen atoms in total. The Morgan fingerprint density at radius 2 is 2.15 bits per heavy atom. The number of rotatable bonds is 5. The van der Waals surface area contributed by atoms with E-state index in [1.54, 1.807) is 0 Å². The van der Waals surface area contributed by atoms with Gasteiger partial charge in [-0.25, -0.2) is 4.39 Å². The van der Waals surface area contributed by atoms with Gasteiger partial charge < -0.3 is 0 Å². The first-order valence-corrected chi connectivity index (χ1v) is 5.47. The minimum atomic E-state index is -0.541. The molecule has 0 heterocycles. The fourth-order valence-electron chi connectivity index (χ4n) is 1.86. The standard InChI is InChI=1S/C12H21F/c1-4-6-10-11(12(10)13)8-7-9(3)5-2/h4,6,9-12H,5,7-8H2,1-3H3/b6-4-/t9?,10?,11-,12?/m0/s1. The van der Waals surface area contributed by atoms with Crippen molar-refractivity contribution in [2.75, 3.05) is 0 Å². The molecule has 1 aliphatic carbocycles. The Bertz CT molecular complexity index is 174. The van der Waals surface area contributed by atoms with Crippen molar-refractivity contribution in [1.82, 2.24) is 0 Å². The summed E-state index contributed by atoms with van der Waals surface area (Å²) in [6.45, 7) is 6.42. The lowest BCUT2D eigenvalue weighted by Gasteiger charge is -2.06. The highest BCUT2D eigenvalue weighted by Gasteiger charge is 2.48. The van der Waals surface area contributed by atoms with Gasteiger partial charge in [-0.05, 0) is 25.2 Å². The van der Waals surface area contributed by atoms with Gasteiger partial charge in [-0.1, -0.05) is 38.8 Å². The molecule has 0 spiro atoms. The summed E-state index contributed by atoms with van der Waals surface area (Å²) in [7, 11) is 0. The first-order valence-electron chi connectivity index (χ1n) is 5.47. The molecule has 0 aromatic heterocycles. The summed E-state index contributed by atoms with van der Waals surface area (Å²) in [6, 6.07) is 0. The second-order valence-electron chi connectivity index (χ2n) is 4.30. The van der Waals surface area contributed by atoms with Crippen molar-refractivity contribution in [2.24, 2.45) is 17.8 Å². The van der Waals surface area contributed by atoms with Crippen molar-refractivity contribution < 1.29 is 4.39 Å². The van der Waals surface area contributed by atoms with Crippen LogP contribution in [0.5, 0.6) is 0 Å². The quantitative estimate of drug-likeness (QED) is 0.567. The van der Waals surface area contributed by atoms with Crippen molar-refractivity contribution >= 4 is 0 Å². The number of alkyl halides is 1. The zero-order valence-corrected chi connectivity index (χ0v) is 8.96. The highest BCUT2D eigenvalue weighted by Crippen LogP contribution is 2.46. The van der Waals surface area contributed by atoms with Crippen LogP contribution in [0.25, 0.3) is 0 Å². The topological polar surface area (TPSA) is 0 Å². The Morgan fingerprint density at radius 1 is 1.46 bits per heavy atom. The first kappa shape index (κ1) is 10.7. The molecule has 0 N–H and O–H groups in total. The summed E-state index contributed by atoms with van der Waals surface area (Å²) < 4.78 is 13.1. The second-order valence-corrected chi connectivity index (χ2v) is 4.30. The maximum absolute atomic E-state index is 13.1. The number of hydrogen-bond donors (Lipinski definition) is 0. The maximum atomic E-state index is 13.1. The molecule has 0 aromatic rings. The zero-order chi connectivity index (χ0) is 9.84. The summed E-state index contributed by atoms with van der Waals surface area (Å²) in [5.74, 6) is 1.35. The lowest BCUT2D eigenvalue weighted by atomic mass is 10.0. The molecule has 1 aliphatic rings. The summed E-state index contributed by atoms with van der Waals surface area (Å²) in [5, 5.41) is 0. The van der Waals surface area contributed by atoms with Crippen molar-refractivity contribution in [3.8, 4) is 0 Å². The number of halogens is 1. The fourth-order valence-corrected chi connectivity index (χ4v) is 1.86. The van der Waals surface area contributed by atoms with Gasteiger partial charge in [0.1, 0.15) is 6.17 Å². The average Bonchev–Trinajstić information content (AvgIpc) is 2.73. The van der Waals surface area contributed by atoms with Crippen LogP contribution in [0.4, 0.5) is 4.39 Å². The molecular weight excluding hydrogens is 163 g/mol. The maximum Gasteiger partial charge on any atom is 0.110 e. The molecule has 0 amide bonds. The van der Waals surface area contributed by atoms with Crippen molar-refractivity contribution in [2.45, 2.75) is 46.2 Å². The smallest absolute Gasteiger partial charge is 0.110 e. The van der Waals surface area contributed by atoms with E-state index in [2.05, 4.69) is 13.8 Å². The Hall–Kier alpha value is -0.330. The third-order valence-electron chi connectivity index (χ3n) is 3.23. The fraction of sp³-hybridized carbons (Fsp3) is 0.833. The number of hydrogen-bond acceptors (Lipinski definition) is 0. The van der Waals surface area contributed by atoms with E-state index in [0.29, 0.717) is 5.92 Å². The van der Waals surface area contributed by atoms with Crippen LogP contribution in [0, 0.1) is 17.8 Å². The van der Waals surface area contributed by atoms with Gasteiger partial charge in [-0.2, -0.15) is 0 Å². The third kappa shape index (κ3) is 2.82. The van der Waals surface area contributed by atoms with Gasteiger partial charge in [0.15, 0.2) is 0 Å². The molecule has 0 radical (unpaired) electrons. The molecule has 1 heteroatoms. The van der Waals surface area contributed by atoms with Crippen LogP contribution in [0.2, 0.25) is 0 Å². The van der Waals surface area contributed by atoms with E-state index in [-0.39, 0.29) is 5.92 Å². The predicted octanol–water partition coefficient (Wildman–Crippen LogP) is 3.97. The lowest BCUT2D eigenvalue weighted by Crippen LogP contribution is -1.93. The zero-order valence-electron chi connectivity index (χ0n) is 8.96. The normalized spacial score (nSPS) is 35.2. The third-order valence-corrected chi connectivity index (χ3v) is 3.23. The molecule has 76 valence electrons. The molecule has 1 fully saturated rings. The highest BCUT2D eigenvalue weighted by molar-refractivity contribution is 5.08. The van der Waals surface area contributed by atoms with E-state index < -0.39 is 6.17 Å². The van der Waals surface area contributed by atoms with Crippen molar-refractivity contribution in [1.29, 1.82) is 0 Å². The van der Waals surface area contributed by atoms with Gasteiger partial charge in [0.2, 0.25) is 0 Å². The van der Waals surface area contributed by atoms with Crippen LogP contribution in [-0.2, 0) is 0 Å². The average molecular weight is 184 g/mol. The first-order chi connectivity index (χ1) is 6.20. The molecule has 0 saturated heterocycles. The molecule has 0 aromatic carbocycles. The van der Waals surface area contributed by atoms with Gasteiger partial charge >= 0.3 is 0 Å². The summed E-state index contributed by atoms with van der Waals surface area (Å²) in [5.41, 5.74) is 0. The monoisotopic (exact) mass is 184 g/mol. The van der Waals surface area contributed by atoms with Crippen molar-refractivity contribution in [3.05, 3.63) is 12.2 Å². The van der Waals surface area contributed by atoms with Crippen LogP contribution >= 0.6 is 0 Å².